The number of rotatable bonds is 4. The predicted molar refractivity (Wildman–Crippen MR) is 58.1 cm³/mol. The lowest BCUT2D eigenvalue weighted by atomic mass is 10.3. The summed E-state index contributed by atoms with van der Waals surface area (Å²) in [6.45, 7) is 2.82. The minimum atomic E-state index is 0.210. The van der Waals surface area contributed by atoms with E-state index < -0.39 is 0 Å². The number of hydrogen-bond acceptors (Lipinski definition) is 3. The standard InChI is InChI=1S/C11H14N4/c1-9(11-13-6-7-14-11)15-8-10-4-2-3-5-12-10/h2-7,9,15H,8H2,1H3,(H,13,14). The van der Waals surface area contributed by atoms with E-state index in [0.29, 0.717) is 0 Å². The van der Waals surface area contributed by atoms with Crippen molar-refractivity contribution >= 4 is 0 Å². The Hall–Kier alpha value is -1.68. The van der Waals surface area contributed by atoms with E-state index in [1.165, 1.54) is 0 Å². The molecular weight excluding hydrogens is 188 g/mol. The van der Waals surface area contributed by atoms with Crippen LogP contribution < -0.4 is 5.32 Å². The highest BCUT2D eigenvalue weighted by Gasteiger charge is 2.06. The van der Waals surface area contributed by atoms with Gasteiger partial charge in [0.15, 0.2) is 0 Å². The largest absolute Gasteiger partial charge is 0.347 e. The molecule has 0 spiro atoms. The summed E-state index contributed by atoms with van der Waals surface area (Å²) in [5, 5.41) is 3.35. The maximum absolute atomic E-state index is 4.24. The van der Waals surface area contributed by atoms with E-state index in [4.69, 9.17) is 0 Å². The van der Waals surface area contributed by atoms with Gasteiger partial charge in [-0.25, -0.2) is 4.98 Å². The van der Waals surface area contributed by atoms with Crippen molar-refractivity contribution in [1.82, 2.24) is 20.3 Å². The van der Waals surface area contributed by atoms with E-state index in [1.807, 2.05) is 24.4 Å². The highest BCUT2D eigenvalue weighted by atomic mass is 15.0. The quantitative estimate of drug-likeness (QED) is 0.792. The number of pyridine rings is 1. The molecule has 0 aliphatic heterocycles. The van der Waals surface area contributed by atoms with E-state index in [-0.39, 0.29) is 6.04 Å². The van der Waals surface area contributed by atoms with Gasteiger partial charge >= 0.3 is 0 Å². The topological polar surface area (TPSA) is 53.6 Å². The van der Waals surface area contributed by atoms with E-state index >= 15 is 0 Å². The van der Waals surface area contributed by atoms with Crippen molar-refractivity contribution in [3.05, 3.63) is 48.3 Å². The molecule has 2 heterocycles. The summed E-state index contributed by atoms with van der Waals surface area (Å²) >= 11 is 0. The molecule has 0 saturated carbocycles. The number of aromatic nitrogens is 3. The number of aromatic amines is 1. The van der Waals surface area contributed by atoms with Crippen LogP contribution in [-0.2, 0) is 6.54 Å². The number of hydrogen-bond donors (Lipinski definition) is 2. The van der Waals surface area contributed by atoms with E-state index in [0.717, 1.165) is 18.1 Å². The first-order chi connectivity index (χ1) is 7.36. The van der Waals surface area contributed by atoms with Crippen LogP contribution in [0.15, 0.2) is 36.8 Å². The van der Waals surface area contributed by atoms with E-state index in [1.54, 1.807) is 12.4 Å². The Bertz CT molecular complexity index is 382. The van der Waals surface area contributed by atoms with Crippen molar-refractivity contribution in [2.45, 2.75) is 19.5 Å². The molecule has 0 aliphatic rings. The van der Waals surface area contributed by atoms with Crippen molar-refractivity contribution in [3.8, 4) is 0 Å². The molecule has 4 nitrogen and oxygen atoms in total. The third-order valence-corrected chi connectivity index (χ3v) is 2.25. The second-order valence-electron chi connectivity index (χ2n) is 3.40. The lowest BCUT2D eigenvalue weighted by Gasteiger charge is -2.10. The van der Waals surface area contributed by atoms with Crippen molar-refractivity contribution in [2.24, 2.45) is 0 Å². The summed E-state index contributed by atoms with van der Waals surface area (Å²) in [5.74, 6) is 0.950. The Morgan fingerprint density at radius 1 is 1.33 bits per heavy atom. The molecule has 1 atom stereocenters. The van der Waals surface area contributed by atoms with E-state index in [2.05, 4.69) is 27.2 Å². The van der Waals surface area contributed by atoms with Gasteiger partial charge in [-0.05, 0) is 19.1 Å². The van der Waals surface area contributed by atoms with Crippen LogP contribution in [0.1, 0.15) is 24.5 Å². The first kappa shape index (κ1) is 9.86. The van der Waals surface area contributed by atoms with Crippen LogP contribution in [0.5, 0.6) is 0 Å². The summed E-state index contributed by atoms with van der Waals surface area (Å²) in [7, 11) is 0. The van der Waals surface area contributed by atoms with Crippen LogP contribution >= 0.6 is 0 Å². The van der Waals surface area contributed by atoms with Crippen molar-refractivity contribution in [1.29, 1.82) is 0 Å². The summed E-state index contributed by atoms with van der Waals surface area (Å²) in [6, 6.07) is 6.12. The zero-order valence-corrected chi connectivity index (χ0v) is 8.64. The molecule has 0 amide bonds. The second-order valence-corrected chi connectivity index (χ2v) is 3.40. The Kier molecular flexibility index (Phi) is 3.09. The fourth-order valence-electron chi connectivity index (χ4n) is 1.37. The lowest BCUT2D eigenvalue weighted by Crippen LogP contribution is -2.19. The maximum atomic E-state index is 4.24. The van der Waals surface area contributed by atoms with Crippen LogP contribution in [0.4, 0.5) is 0 Å². The third kappa shape index (κ3) is 2.63. The average molecular weight is 202 g/mol. The smallest absolute Gasteiger partial charge is 0.122 e. The van der Waals surface area contributed by atoms with Crippen molar-refractivity contribution in [3.63, 3.8) is 0 Å². The fourth-order valence-corrected chi connectivity index (χ4v) is 1.37. The van der Waals surface area contributed by atoms with Gasteiger partial charge in [0.2, 0.25) is 0 Å². The minimum absolute atomic E-state index is 0.210. The Morgan fingerprint density at radius 2 is 2.27 bits per heavy atom. The van der Waals surface area contributed by atoms with Gasteiger partial charge in [0.25, 0.3) is 0 Å². The lowest BCUT2D eigenvalue weighted by molar-refractivity contribution is 0.545. The predicted octanol–water partition coefficient (Wildman–Crippen LogP) is 1.66. The van der Waals surface area contributed by atoms with Crippen LogP contribution in [0, 0.1) is 0 Å². The zero-order valence-electron chi connectivity index (χ0n) is 8.64. The molecule has 1 unspecified atom stereocenters. The molecule has 0 bridgehead atoms. The van der Waals surface area contributed by atoms with Gasteiger partial charge in [-0.2, -0.15) is 0 Å². The van der Waals surface area contributed by atoms with Crippen LogP contribution in [0.3, 0.4) is 0 Å². The van der Waals surface area contributed by atoms with Crippen LogP contribution in [0.25, 0.3) is 0 Å². The summed E-state index contributed by atoms with van der Waals surface area (Å²) in [4.78, 5) is 11.5. The van der Waals surface area contributed by atoms with Gasteiger partial charge in [0, 0.05) is 25.1 Å². The number of nitrogens with one attached hydrogen (secondary N) is 2. The molecule has 0 radical (unpaired) electrons. The van der Waals surface area contributed by atoms with Gasteiger partial charge in [-0.3, -0.25) is 4.98 Å². The first-order valence-corrected chi connectivity index (χ1v) is 4.99. The highest BCUT2D eigenvalue weighted by molar-refractivity contribution is 5.04. The molecule has 0 aliphatic carbocycles. The average Bonchev–Trinajstić information content (AvgIpc) is 2.81. The summed E-state index contributed by atoms with van der Waals surface area (Å²) in [6.07, 6.45) is 5.39. The molecular formula is C11H14N4. The molecule has 78 valence electrons. The van der Waals surface area contributed by atoms with Gasteiger partial charge in [0.05, 0.1) is 11.7 Å². The fraction of sp³-hybridized carbons (Fsp3) is 0.273. The Morgan fingerprint density at radius 3 is 2.93 bits per heavy atom. The maximum Gasteiger partial charge on any atom is 0.122 e. The zero-order chi connectivity index (χ0) is 10.5. The number of nitrogens with zero attached hydrogens (tertiary/aromatic N) is 2. The van der Waals surface area contributed by atoms with Gasteiger partial charge in [-0.1, -0.05) is 6.07 Å². The van der Waals surface area contributed by atoms with E-state index in [9.17, 15) is 0 Å². The van der Waals surface area contributed by atoms with Crippen LogP contribution in [-0.4, -0.2) is 15.0 Å². The van der Waals surface area contributed by atoms with Gasteiger partial charge < -0.3 is 10.3 Å². The SMILES string of the molecule is CC(NCc1ccccn1)c1ncc[nH]1. The number of H-pyrrole nitrogens is 1. The molecule has 0 saturated heterocycles. The van der Waals surface area contributed by atoms with Crippen molar-refractivity contribution in [2.75, 3.05) is 0 Å². The highest BCUT2D eigenvalue weighted by Crippen LogP contribution is 2.06. The van der Waals surface area contributed by atoms with Crippen LogP contribution in [0.2, 0.25) is 0 Å². The summed E-state index contributed by atoms with van der Waals surface area (Å²) < 4.78 is 0. The summed E-state index contributed by atoms with van der Waals surface area (Å²) in [5.41, 5.74) is 1.04. The molecule has 4 heteroatoms. The third-order valence-electron chi connectivity index (χ3n) is 2.25. The molecule has 2 aromatic heterocycles. The second kappa shape index (κ2) is 4.70. The molecule has 2 aromatic rings. The van der Waals surface area contributed by atoms with Gasteiger partial charge in [-0.15, -0.1) is 0 Å². The van der Waals surface area contributed by atoms with Gasteiger partial charge in [0.1, 0.15) is 5.82 Å². The molecule has 15 heavy (non-hydrogen) atoms. The Labute approximate surface area is 88.8 Å². The molecule has 2 rings (SSSR count). The van der Waals surface area contributed by atoms with Crippen molar-refractivity contribution < 1.29 is 0 Å². The Balaban J connectivity index is 1.89. The minimum Gasteiger partial charge on any atom is -0.347 e. The first-order valence-electron chi connectivity index (χ1n) is 4.99. The number of imidazole rings is 1. The molecule has 2 N–H and O–H groups in total. The molecule has 0 aromatic carbocycles. The normalized spacial score (nSPS) is 12.6. The monoisotopic (exact) mass is 202 g/mol. The molecule has 0 fully saturated rings.